The first-order chi connectivity index (χ1) is 13.8. The number of carbonyl (C=O) groups is 3. The number of nitrogens with zero attached hydrogens (tertiary/aromatic N) is 1. The van der Waals surface area contributed by atoms with E-state index in [0.29, 0.717) is 5.56 Å². The molecule has 0 aromatic heterocycles. The lowest BCUT2D eigenvalue weighted by molar-refractivity contribution is -0.384. The molecule has 9 heteroatoms. The second-order valence-electron chi connectivity index (χ2n) is 5.99. The fourth-order valence-corrected chi connectivity index (χ4v) is 2.27. The fourth-order valence-electron chi connectivity index (χ4n) is 2.27. The second-order valence-corrected chi connectivity index (χ2v) is 5.99. The summed E-state index contributed by atoms with van der Waals surface area (Å²) >= 11 is 0. The number of nitro groups is 1. The fraction of sp³-hybridized carbons (Fsp3) is 0.150. The molecule has 150 valence electrons. The number of nitrogens with one attached hydrogen (secondary N) is 2. The van der Waals surface area contributed by atoms with Gasteiger partial charge in [-0.2, -0.15) is 0 Å². The van der Waals surface area contributed by atoms with E-state index in [4.69, 9.17) is 4.74 Å². The molecule has 2 aromatic carbocycles. The molecule has 0 fully saturated rings. The van der Waals surface area contributed by atoms with Gasteiger partial charge in [-0.25, -0.2) is 4.79 Å². The van der Waals surface area contributed by atoms with Crippen LogP contribution in [0.5, 0.6) is 0 Å². The molecule has 0 aliphatic heterocycles. The molecule has 2 N–H and O–H groups in total. The first-order valence-corrected chi connectivity index (χ1v) is 8.57. The van der Waals surface area contributed by atoms with Crippen LogP contribution in [-0.4, -0.2) is 28.8 Å². The van der Waals surface area contributed by atoms with Crippen LogP contribution in [0.1, 0.15) is 19.4 Å². The molecule has 0 aliphatic rings. The Morgan fingerprint density at radius 3 is 2.41 bits per heavy atom. The van der Waals surface area contributed by atoms with Gasteiger partial charge >= 0.3 is 5.97 Å². The number of ether oxygens (including phenoxy) is 1. The molecule has 0 spiro atoms. The van der Waals surface area contributed by atoms with Crippen LogP contribution in [0, 0.1) is 10.1 Å². The predicted molar refractivity (Wildman–Crippen MR) is 106 cm³/mol. The zero-order chi connectivity index (χ0) is 21.4. The number of amides is 2. The molecule has 0 unspecified atom stereocenters. The third-order valence-corrected chi connectivity index (χ3v) is 3.62. The Morgan fingerprint density at radius 1 is 1.10 bits per heavy atom. The van der Waals surface area contributed by atoms with E-state index < -0.39 is 28.8 Å². The zero-order valence-electron chi connectivity index (χ0n) is 15.7. The number of rotatable bonds is 7. The topological polar surface area (TPSA) is 128 Å². The number of carbonyl (C=O) groups excluding carboxylic acids is 3. The van der Waals surface area contributed by atoms with E-state index in [2.05, 4.69) is 10.6 Å². The van der Waals surface area contributed by atoms with Gasteiger partial charge in [-0.1, -0.05) is 36.4 Å². The molecule has 0 aliphatic carbocycles. The Labute approximate surface area is 166 Å². The van der Waals surface area contributed by atoms with Crippen molar-refractivity contribution in [1.82, 2.24) is 5.32 Å². The van der Waals surface area contributed by atoms with Crippen molar-refractivity contribution >= 4 is 35.2 Å². The van der Waals surface area contributed by atoms with E-state index in [1.165, 1.54) is 44.2 Å². The highest BCUT2D eigenvalue weighted by Gasteiger charge is 2.22. The molecular formula is C20H19N3O6. The third kappa shape index (κ3) is 6.58. The van der Waals surface area contributed by atoms with Crippen molar-refractivity contribution in [2.45, 2.75) is 20.0 Å². The molecule has 29 heavy (non-hydrogen) atoms. The van der Waals surface area contributed by atoms with Gasteiger partial charge in [0.15, 0.2) is 6.10 Å². The standard InChI is InChI=1S/C20H19N3O6/c1-13(19(25)22-16-9-6-10-17(12-16)23(27)28)29-20(26)18(21-14(2)24)11-15-7-4-3-5-8-15/h3-13H,1-2H3,(H,21,24)(H,22,25)/b18-11+/t13-/m0/s1. The Kier molecular flexibility index (Phi) is 7.19. The van der Waals surface area contributed by atoms with E-state index in [1.807, 2.05) is 0 Å². The molecule has 2 amide bonds. The minimum Gasteiger partial charge on any atom is -0.448 e. The van der Waals surface area contributed by atoms with Crippen LogP contribution in [0.15, 0.2) is 60.3 Å². The summed E-state index contributed by atoms with van der Waals surface area (Å²) in [6, 6.07) is 14.1. The SMILES string of the molecule is CC(=O)N/C(=C/c1ccccc1)C(=O)O[C@@H](C)C(=O)Nc1cccc([N+](=O)[O-])c1. The first kappa shape index (κ1) is 21.3. The molecule has 0 radical (unpaired) electrons. The molecule has 0 bridgehead atoms. The molecule has 1 atom stereocenters. The van der Waals surface area contributed by atoms with Crippen molar-refractivity contribution in [3.8, 4) is 0 Å². The van der Waals surface area contributed by atoms with Gasteiger partial charge in [-0.05, 0) is 24.6 Å². The summed E-state index contributed by atoms with van der Waals surface area (Å²) in [5.41, 5.74) is 0.529. The number of hydrogen-bond donors (Lipinski definition) is 2. The van der Waals surface area contributed by atoms with E-state index in [0.717, 1.165) is 0 Å². The van der Waals surface area contributed by atoms with Crippen LogP contribution < -0.4 is 10.6 Å². The van der Waals surface area contributed by atoms with Crippen molar-refractivity contribution in [2.24, 2.45) is 0 Å². The van der Waals surface area contributed by atoms with Crippen molar-refractivity contribution in [1.29, 1.82) is 0 Å². The van der Waals surface area contributed by atoms with Gasteiger partial charge in [0, 0.05) is 24.7 Å². The summed E-state index contributed by atoms with van der Waals surface area (Å²) in [6.07, 6.45) is 0.212. The van der Waals surface area contributed by atoms with Gasteiger partial charge in [0.05, 0.1) is 4.92 Å². The summed E-state index contributed by atoms with van der Waals surface area (Å²) in [5, 5.41) is 15.6. The average Bonchev–Trinajstić information content (AvgIpc) is 2.68. The number of nitro benzene ring substituents is 1. The summed E-state index contributed by atoms with van der Waals surface area (Å²) in [6.45, 7) is 2.59. The largest absolute Gasteiger partial charge is 0.448 e. The lowest BCUT2D eigenvalue weighted by Crippen LogP contribution is -2.33. The first-order valence-electron chi connectivity index (χ1n) is 8.57. The molecular weight excluding hydrogens is 378 g/mol. The Morgan fingerprint density at radius 2 is 1.79 bits per heavy atom. The molecule has 2 aromatic rings. The van der Waals surface area contributed by atoms with Crippen LogP contribution in [0.25, 0.3) is 6.08 Å². The van der Waals surface area contributed by atoms with E-state index >= 15 is 0 Å². The highest BCUT2D eigenvalue weighted by molar-refractivity contribution is 6.00. The molecule has 9 nitrogen and oxygen atoms in total. The van der Waals surface area contributed by atoms with Gasteiger partial charge < -0.3 is 15.4 Å². The van der Waals surface area contributed by atoms with Crippen molar-refractivity contribution in [3.05, 3.63) is 76.0 Å². The maximum absolute atomic E-state index is 12.4. The van der Waals surface area contributed by atoms with E-state index in [9.17, 15) is 24.5 Å². The second kappa shape index (κ2) is 9.79. The summed E-state index contributed by atoms with van der Waals surface area (Å²) < 4.78 is 5.13. The zero-order valence-corrected chi connectivity index (χ0v) is 15.7. The Bertz CT molecular complexity index is 956. The number of anilines is 1. The summed E-state index contributed by atoms with van der Waals surface area (Å²) in [5.74, 6) is -2.05. The number of non-ortho nitro benzene ring substituents is 1. The highest BCUT2D eigenvalue weighted by Crippen LogP contribution is 2.17. The number of hydrogen-bond acceptors (Lipinski definition) is 6. The van der Waals surface area contributed by atoms with Gasteiger partial charge in [0.2, 0.25) is 5.91 Å². The van der Waals surface area contributed by atoms with Crippen molar-refractivity contribution in [2.75, 3.05) is 5.32 Å². The van der Waals surface area contributed by atoms with Crippen molar-refractivity contribution < 1.29 is 24.0 Å². The van der Waals surface area contributed by atoms with Crippen LogP contribution in [-0.2, 0) is 19.1 Å². The summed E-state index contributed by atoms with van der Waals surface area (Å²) in [7, 11) is 0. The average molecular weight is 397 g/mol. The molecule has 0 saturated carbocycles. The lowest BCUT2D eigenvalue weighted by atomic mass is 10.2. The lowest BCUT2D eigenvalue weighted by Gasteiger charge is -2.15. The number of benzene rings is 2. The van der Waals surface area contributed by atoms with Gasteiger partial charge in [0.1, 0.15) is 5.70 Å². The van der Waals surface area contributed by atoms with Crippen LogP contribution >= 0.6 is 0 Å². The number of esters is 1. The van der Waals surface area contributed by atoms with Gasteiger partial charge in [-0.3, -0.25) is 19.7 Å². The maximum atomic E-state index is 12.4. The van der Waals surface area contributed by atoms with Crippen LogP contribution in [0.3, 0.4) is 0 Å². The van der Waals surface area contributed by atoms with E-state index in [-0.39, 0.29) is 17.1 Å². The Balaban J connectivity index is 2.09. The van der Waals surface area contributed by atoms with Crippen molar-refractivity contribution in [3.63, 3.8) is 0 Å². The van der Waals surface area contributed by atoms with E-state index in [1.54, 1.807) is 30.3 Å². The molecule has 0 heterocycles. The minimum absolute atomic E-state index is 0.126. The highest BCUT2D eigenvalue weighted by atomic mass is 16.6. The third-order valence-electron chi connectivity index (χ3n) is 3.62. The van der Waals surface area contributed by atoms with Gasteiger partial charge in [-0.15, -0.1) is 0 Å². The monoisotopic (exact) mass is 397 g/mol. The maximum Gasteiger partial charge on any atom is 0.355 e. The Hall–Kier alpha value is -4.01. The molecule has 0 saturated heterocycles. The van der Waals surface area contributed by atoms with Crippen LogP contribution in [0.2, 0.25) is 0 Å². The normalized spacial score (nSPS) is 11.9. The summed E-state index contributed by atoms with van der Waals surface area (Å²) in [4.78, 5) is 46.3. The quantitative estimate of drug-likeness (QED) is 0.320. The van der Waals surface area contributed by atoms with Gasteiger partial charge in [0.25, 0.3) is 11.6 Å². The minimum atomic E-state index is -1.21. The smallest absolute Gasteiger partial charge is 0.355 e. The molecule has 2 rings (SSSR count). The predicted octanol–water partition coefficient (Wildman–Crippen LogP) is 2.64. The van der Waals surface area contributed by atoms with Crippen LogP contribution in [0.4, 0.5) is 11.4 Å².